The molecule has 1 saturated heterocycles. The Labute approximate surface area is 96.0 Å². The molecule has 1 fully saturated rings. The molecule has 2 heterocycles. The van der Waals surface area contributed by atoms with E-state index in [1.165, 1.54) is 0 Å². The minimum Gasteiger partial charge on any atom is -0.357 e. The van der Waals surface area contributed by atoms with Gasteiger partial charge in [0, 0.05) is 13.1 Å². The number of nitrogens with zero attached hydrogens (tertiary/aromatic N) is 2. The minimum absolute atomic E-state index is 0.114. The maximum atomic E-state index is 12.5. The van der Waals surface area contributed by atoms with E-state index < -0.39 is 11.7 Å². The zero-order valence-electron chi connectivity index (χ0n) is 8.39. The number of rotatable bonds is 1. The first-order valence-corrected chi connectivity index (χ1v) is 5.34. The second-order valence-electron chi connectivity index (χ2n) is 3.73. The Morgan fingerprint density at radius 3 is 2.38 bits per heavy atom. The van der Waals surface area contributed by atoms with Crippen LogP contribution in [0.3, 0.4) is 0 Å². The Bertz CT molecular complexity index is 386. The van der Waals surface area contributed by atoms with Gasteiger partial charge in [0.2, 0.25) is 0 Å². The van der Waals surface area contributed by atoms with Gasteiger partial charge in [-0.1, -0.05) is 11.6 Å². The van der Waals surface area contributed by atoms with E-state index in [0.29, 0.717) is 5.82 Å². The van der Waals surface area contributed by atoms with Crippen LogP contribution in [0.1, 0.15) is 18.4 Å². The smallest absolute Gasteiger partial charge is 0.357 e. The number of hydrogen-bond donors (Lipinski definition) is 0. The van der Waals surface area contributed by atoms with Crippen LogP contribution >= 0.6 is 11.6 Å². The van der Waals surface area contributed by atoms with Crippen molar-refractivity contribution in [3.63, 3.8) is 0 Å². The topological polar surface area (TPSA) is 16.1 Å². The first-order chi connectivity index (χ1) is 7.47. The van der Waals surface area contributed by atoms with Crippen molar-refractivity contribution in [1.29, 1.82) is 0 Å². The summed E-state index contributed by atoms with van der Waals surface area (Å²) < 4.78 is 37.6. The third-order valence-electron chi connectivity index (χ3n) is 2.54. The second kappa shape index (κ2) is 4.13. The van der Waals surface area contributed by atoms with Crippen LogP contribution in [0.4, 0.5) is 19.0 Å². The number of halogens is 4. The van der Waals surface area contributed by atoms with Gasteiger partial charge >= 0.3 is 6.18 Å². The molecule has 2 nitrogen and oxygen atoms in total. The SMILES string of the molecule is FC(F)(F)c1cc(Cl)nc(N2CCCC2)c1. The maximum absolute atomic E-state index is 12.5. The number of alkyl halides is 3. The highest BCUT2D eigenvalue weighted by atomic mass is 35.5. The molecule has 1 aromatic rings. The molecule has 0 aromatic carbocycles. The highest BCUT2D eigenvalue weighted by molar-refractivity contribution is 6.29. The van der Waals surface area contributed by atoms with E-state index in [2.05, 4.69) is 4.98 Å². The van der Waals surface area contributed by atoms with E-state index in [9.17, 15) is 13.2 Å². The average Bonchev–Trinajstić information content (AvgIpc) is 2.68. The third kappa shape index (κ3) is 2.40. The molecule has 1 aromatic heterocycles. The summed E-state index contributed by atoms with van der Waals surface area (Å²) in [5.74, 6) is 0.317. The Morgan fingerprint density at radius 2 is 1.81 bits per heavy atom. The van der Waals surface area contributed by atoms with Gasteiger partial charge in [0.15, 0.2) is 0 Å². The molecule has 2 rings (SSSR count). The summed E-state index contributed by atoms with van der Waals surface area (Å²) in [6, 6.07) is 1.90. The summed E-state index contributed by atoms with van der Waals surface area (Å²) in [6.45, 7) is 1.48. The molecule has 1 aliphatic heterocycles. The fraction of sp³-hybridized carbons (Fsp3) is 0.500. The van der Waals surface area contributed by atoms with Crippen molar-refractivity contribution < 1.29 is 13.2 Å². The quantitative estimate of drug-likeness (QED) is 0.711. The highest BCUT2D eigenvalue weighted by Gasteiger charge is 2.32. The first-order valence-electron chi connectivity index (χ1n) is 4.96. The van der Waals surface area contributed by atoms with Gasteiger partial charge in [-0.25, -0.2) is 4.98 Å². The first kappa shape index (κ1) is 11.5. The summed E-state index contributed by atoms with van der Waals surface area (Å²) in [5.41, 5.74) is -0.741. The predicted molar refractivity (Wildman–Crippen MR) is 55.7 cm³/mol. The fourth-order valence-corrected chi connectivity index (χ4v) is 1.96. The molecular weight excluding hydrogens is 241 g/mol. The molecule has 0 spiro atoms. The second-order valence-corrected chi connectivity index (χ2v) is 4.12. The van der Waals surface area contributed by atoms with Gasteiger partial charge < -0.3 is 4.90 Å². The fourth-order valence-electron chi connectivity index (χ4n) is 1.75. The Hall–Kier alpha value is -0.970. The number of aromatic nitrogens is 1. The molecule has 0 saturated carbocycles. The van der Waals surface area contributed by atoms with Crippen molar-refractivity contribution in [2.75, 3.05) is 18.0 Å². The lowest BCUT2D eigenvalue weighted by Crippen LogP contribution is -2.20. The molecular formula is C10H10ClF3N2. The molecule has 0 atom stereocenters. The van der Waals surface area contributed by atoms with Gasteiger partial charge in [0.25, 0.3) is 0 Å². The van der Waals surface area contributed by atoms with Crippen molar-refractivity contribution >= 4 is 17.4 Å². The number of hydrogen-bond acceptors (Lipinski definition) is 2. The van der Waals surface area contributed by atoms with Gasteiger partial charge in [-0.15, -0.1) is 0 Å². The molecule has 6 heteroatoms. The minimum atomic E-state index is -4.37. The van der Waals surface area contributed by atoms with Crippen LogP contribution in [0.2, 0.25) is 5.15 Å². The standard InChI is InChI=1S/C10H10ClF3N2/c11-8-5-7(10(12,13)14)6-9(15-8)16-3-1-2-4-16/h5-6H,1-4H2. The summed E-state index contributed by atoms with van der Waals surface area (Å²) in [5, 5.41) is -0.114. The van der Waals surface area contributed by atoms with Crippen LogP contribution in [0.5, 0.6) is 0 Å². The van der Waals surface area contributed by atoms with E-state index in [-0.39, 0.29) is 5.15 Å². The van der Waals surface area contributed by atoms with Crippen LogP contribution in [0.25, 0.3) is 0 Å². The Morgan fingerprint density at radius 1 is 1.19 bits per heavy atom. The summed E-state index contributed by atoms with van der Waals surface area (Å²) in [4.78, 5) is 5.74. The lowest BCUT2D eigenvalue weighted by Gasteiger charge is -2.18. The number of pyridine rings is 1. The van der Waals surface area contributed by atoms with E-state index in [0.717, 1.165) is 38.1 Å². The molecule has 0 unspecified atom stereocenters. The normalized spacial score (nSPS) is 16.9. The monoisotopic (exact) mass is 250 g/mol. The molecule has 0 radical (unpaired) electrons. The van der Waals surface area contributed by atoms with Crippen LogP contribution < -0.4 is 4.90 Å². The Balaban J connectivity index is 2.35. The molecule has 0 N–H and O–H groups in total. The van der Waals surface area contributed by atoms with E-state index >= 15 is 0 Å². The van der Waals surface area contributed by atoms with Gasteiger partial charge in [0.05, 0.1) is 5.56 Å². The van der Waals surface area contributed by atoms with Gasteiger partial charge in [-0.3, -0.25) is 0 Å². The third-order valence-corrected chi connectivity index (χ3v) is 2.73. The molecule has 0 aliphatic carbocycles. The Kier molecular flexibility index (Phi) is 2.97. The van der Waals surface area contributed by atoms with Gasteiger partial charge in [0.1, 0.15) is 11.0 Å². The summed E-state index contributed by atoms with van der Waals surface area (Å²) >= 11 is 5.60. The lowest BCUT2D eigenvalue weighted by atomic mass is 10.2. The summed E-state index contributed by atoms with van der Waals surface area (Å²) in [7, 11) is 0. The van der Waals surface area contributed by atoms with E-state index in [4.69, 9.17) is 11.6 Å². The zero-order valence-corrected chi connectivity index (χ0v) is 9.15. The number of anilines is 1. The largest absolute Gasteiger partial charge is 0.416 e. The van der Waals surface area contributed by atoms with E-state index in [1.54, 1.807) is 0 Å². The van der Waals surface area contributed by atoms with Crippen molar-refractivity contribution in [2.45, 2.75) is 19.0 Å². The van der Waals surface area contributed by atoms with Crippen LogP contribution in [0, 0.1) is 0 Å². The van der Waals surface area contributed by atoms with Crippen molar-refractivity contribution in [3.8, 4) is 0 Å². The lowest BCUT2D eigenvalue weighted by molar-refractivity contribution is -0.137. The molecule has 88 valence electrons. The van der Waals surface area contributed by atoms with E-state index in [1.807, 2.05) is 4.90 Å². The molecule has 0 bridgehead atoms. The average molecular weight is 251 g/mol. The van der Waals surface area contributed by atoms with Crippen molar-refractivity contribution in [2.24, 2.45) is 0 Å². The van der Waals surface area contributed by atoms with Crippen molar-refractivity contribution in [3.05, 3.63) is 22.8 Å². The highest BCUT2D eigenvalue weighted by Crippen LogP contribution is 2.33. The van der Waals surface area contributed by atoms with Crippen LogP contribution in [-0.2, 0) is 6.18 Å². The van der Waals surface area contributed by atoms with Gasteiger partial charge in [-0.05, 0) is 25.0 Å². The molecule has 0 amide bonds. The molecule has 16 heavy (non-hydrogen) atoms. The zero-order chi connectivity index (χ0) is 11.8. The summed E-state index contributed by atoms with van der Waals surface area (Å²) in [6.07, 6.45) is -2.41. The van der Waals surface area contributed by atoms with Crippen LogP contribution in [-0.4, -0.2) is 18.1 Å². The maximum Gasteiger partial charge on any atom is 0.416 e. The van der Waals surface area contributed by atoms with Gasteiger partial charge in [-0.2, -0.15) is 13.2 Å². The predicted octanol–water partition coefficient (Wildman–Crippen LogP) is 3.35. The van der Waals surface area contributed by atoms with Crippen molar-refractivity contribution in [1.82, 2.24) is 4.98 Å². The van der Waals surface area contributed by atoms with Crippen LogP contribution in [0.15, 0.2) is 12.1 Å². The molecule has 1 aliphatic rings.